The van der Waals surface area contributed by atoms with Crippen molar-refractivity contribution < 1.29 is 28.3 Å². The molecule has 3 rings (SSSR count). The number of aryl methyl sites for hydroxylation is 2. The molecule has 8 nitrogen and oxygen atoms in total. The Morgan fingerprint density at radius 3 is 2.57 bits per heavy atom. The van der Waals surface area contributed by atoms with Crippen LogP contribution in [0.3, 0.4) is 0 Å². The van der Waals surface area contributed by atoms with Gasteiger partial charge in [-0.2, -0.15) is 0 Å². The second-order valence-corrected chi connectivity index (χ2v) is 7.20. The van der Waals surface area contributed by atoms with Crippen LogP contribution in [0.4, 0.5) is 4.79 Å². The largest absolute Gasteiger partial charge is 0.464 e. The zero-order valence-corrected chi connectivity index (χ0v) is 17.6. The normalized spacial score (nSPS) is 16.3. The zero-order valence-electron chi connectivity index (χ0n) is 17.6. The first-order valence-electron chi connectivity index (χ1n) is 9.94. The minimum Gasteiger partial charge on any atom is -0.464 e. The summed E-state index contributed by atoms with van der Waals surface area (Å²) in [6, 6.07) is 2.96. The molecule has 0 aliphatic carbocycles. The van der Waals surface area contributed by atoms with Gasteiger partial charge in [-0.3, -0.25) is 4.79 Å². The minimum atomic E-state index is -0.547. The lowest BCUT2D eigenvalue weighted by molar-refractivity contribution is -0.143. The van der Waals surface area contributed by atoms with E-state index in [2.05, 4.69) is 10.6 Å². The molecule has 0 unspecified atom stereocenters. The number of benzene rings is 1. The van der Waals surface area contributed by atoms with Gasteiger partial charge < -0.3 is 24.5 Å². The van der Waals surface area contributed by atoms with E-state index in [1.54, 1.807) is 13.2 Å². The second-order valence-electron chi connectivity index (χ2n) is 7.20. The number of urea groups is 1. The SMILES string of the molecule is CCOC(=O)C1=C(COC(=O)Cc2coc3cc(C)c(C)cc23)NC(=O)N[C@@H]1CC. The number of esters is 2. The smallest absolute Gasteiger partial charge is 0.338 e. The average molecular weight is 414 g/mol. The van der Waals surface area contributed by atoms with E-state index in [0.29, 0.717) is 12.0 Å². The highest BCUT2D eigenvalue weighted by molar-refractivity contribution is 5.95. The summed E-state index contributed by atoms with van der Waals surface area (Å²) in [7, 11) is 0. The maximum absolute atomic E-state index is 12.5. The third kappa shape index (κ3) is 4.48. The first kappa shape index (κ1) is 21.4. The van der Waals surface area contributed by atoms with Gasteiger partial charge in [-0.05, 0) is 50.5 Å². The van der Waals surface area contributed by atoms with Crippen LogP contribution in [0.2, 0.25) is 0 Å². The van der Waals surface area contributed by atoms with Gasteiger partial charge in [-0.25, -0.2) is 9.59 Å². The molecule has 2 aromatic rings. The van der Waals surface area contributed by atoms with Crippen molar-refractivity contribution in [2.75, 3.05) is 13.2 Å². The standard InChI is InChI=1S/C22H26N2O6/c1-5-16-20(21(26)28-6-2)17(24-22(27)23-16)11-30-19(25)9-14-10-29-18-8-13(4)12(3)7-15(14)18/h7-8,10,16H,5-6,9,11H2,1-4H3,(H2,23,24,27)/t16-/m1/s1. The van der Waals surface area contributed by atoms with Crippen LogP contribution in [0.1, 0.15) is 37.0 Å². The van der Waals surface area contributed by atoms with Crippen LogP contribution < -0.4 is 10.6 Å². The van der Waals surface area contributed by atoms with E-state index in [9.17, 15) is 14.4 Å². The fourth-order valence-electron chi connectivity index (χ4n) is 3.41. The number of furan rings is 1. The molecule has 0 spiro atoms. The molecule has 1 aliphatic rings. The van der Waals surface area contributed by atoms with Crippen molar-refractivity contribution in [1.82, 2.24) is 10.6 Å². The third-order valence-electron chi connectivity index (χ3n) is 5.13. The quantitative estimate of drug-likeness (QED) is 0.675. The van der Waals surface area contributed by atoms with E-state index in [-0.39, 0.29) is 30.9 Å². The Bertz CT molecular complexity index is 1020. The van der Waals surface area contributed by atoms with E-state index >= 15 is 0 Å². The molecule has 2 heterocycles. The average Bonchev–Trinajstić information content (AvgIpc) is 3.07. The summed E-state index contributed by atoms with van der Waals surface area (Å²) in [5, 5.41) is 6.10. The Morgan fingerprint density at radius 1 is 1.13 bits per heavy atom. The molecular weight excluding hydrogens is 388 g/mol. The fourth-order valence-corrected chi connectivity index (χ4v) is 3.41. The number of carbonyl (C=O) groups is 3. The number of fused-ring (bicyclic) bond motifs is 1. The summed E-state index contributed by atoms with van der Waals surface area (Å²) in [6.45, 7) is 7.50. The second kappa shape index (κ2) is 9.02. The highest BCUT2D eigenvalue weighted by atomic mass is 16.5. The molecule has 0 saturated carbocycles. The highest BCUT2D eigenvalue weighted by Gasteiger charge is 2.32. The Hall–Kier alpha value is -3.29. The lowest BCUT2D eigenvalue weighted by Crippen LogP contribution is -2.51. The molecule has 0 bridgehead atoms. The lowest BCUT2D eigenvalue weighted by atomic mass is 10.0. The third-order valence-corrected chi connectivity index (χ3v) is 5.13. The summed E-state index contributed by atoms with van der Waals surface area (Å²) in [5.74, 6) is -1.04. The van der Waals surface area contributed by atoms with Crippen molar-refractivity contribution in [1.29, 1.82) is 0 Å². The molecule has 1 atom stereocenters. The van der Waals surface area contributed by atoms with Gasteiger partial charge in [0.2, 0.25) is 0 Å². The van der Waals surface area contributed by atoms with Crippen LogP contribution in [0.15, 0.2) is 34.1 Å². The van der Waals surface area contributed by atoms with Crippen molar-refractivity contribution in [3.8, 4) is 0 Å². The summed E-state index contributed by atoms with van der Waals surface area (Å²) < 4.78 is 16.0. The molecule has 8 heteroatoms. The number of hydrogen-bond acceptors (Lipinski definition) is 6. The van der Waals surface area contributed by atoms with Crippen LogP contribution >= 0.6 is 0 Å². The summed E-state index contributed by atoms with van der Waals surface area (Å²) in [6.07, 6.45) is 2.06. The Balaban J connectivity index is 1.75. The molecule has 0 saturated heterocycles. The number of amides is 2. The van der Waals surface area contributed by atoms with E-state index in [4.69, 9.17) is 13.9 Å². The maximum Gasteiger partial charge on any atom is 0.338 e. The zero-order chi connectivity index (χ0) is 21.8. The van der Waals surface area contributed by atoms with Gasteiger partial charge in [0.05, 0.1) is 36.6 Å². The molecule has 30 heavy (non-hydrogen) atoms. The molecule has 1 aromatic carbocycles. The molecule has 2 N–H and O–H groups in total. The van der Waals surface area contributed by atoms with Crippen molar-refractivity contribution in [2.45, 2.75) is 46.6 Å². The Kier molecular flexibility index (Phi) is 6.44. The molecule has 0 radical (unpaired) electrons. The molecule has 1 aliphatic heterocycles. The number of carbonyl (C=O) groups excluding carboxylic acids is 3. The number of hydrogen-bond donors (Lipinski definition) is 2. The monoisotopic (exact) mass is 414 g/mol. The van der Waals surface area contributed by atoms with Gasteiger partial charge in [-0.1, -0.05) is 6.92 Å². The summed E-state index contributed by atoms with van der Waals surface area (Å²) in [5.41, 5.74) is 4.15. The van der Waals surface area contributed by atoms with Crippen LogP contribution in [0, 0.1) is 13.8 Å². The lowest BCUT2D eigenvalue weighted by Gasteiger charge is -2.28. The van der Waals surface area contributed by atoms with Gasteiger partial charge in [0.25, 0.3) is 0 Å². The van der Waals surface area contributed by atoms with Crippen LogP contribution in [-0.2, 0) is 25.5 Å². The minimum absolute atomic E-state index is 0.0148. The molecule has 1 aromatic heterocycles. The molecular formula is C22H26N2O6. The topological polar surface area (TPSA) is 107 Å². The number of ether oxygens (including phenoxy) is 2. The van der Waals surface area contributed by atoms with E-state index < -0.39 is 24.0 Å². The Morgan fingerprint density at radius 2 is 1.87 bits per heavy atom. The predicted octanol–water partition coefficient (Wildman–Crippen LogP) is 3.04. The Labute approximate surface area is 174 Å². The predicted molar refractivity (Wildman–Crippen MR) is 110 cm³/mol. The fraction of sp³-hybridized carbons (Fsp3) is 0.409. The molecule has 160 valence electrons. The summed E-state index contributed by atoms with van der Waals surface area (Å²) in [4.78, 5) is 36.7. The van der Waals surface area contributed by atoms with E-state index in [1.165, 1.54) is 0 Å². The highest BCUT2D eigenvalue weighted by Crippen LogP contribution is 2.25. The van der Waals surface area contributed by atoms with Crippen molar-refractivity contribution >= 4 is 28.9 Å². The van der Waals surface area contributed by atoms with Gasteiger partial charge in [0, 0.05) is 10.9 Å². The van der Waals surface area contributed by atoms with Crippen molar-refractivity contribution in [3.63, 3.8) is 0 Å². The van der Waals surface area contributed by atoms with Gasteiger partial charge in [-0.15, -0.1) is 0 Å². The number of nitrogens with one attached hydrogen (secondary N) is 2. The number of rotatable bonds is 7. The van der Waals surface area contributed by atoms with E-state index in [1.807, 2.05) is 32.9 Å². The molecule has 2 amide bonds. The van der Waals surface area contributed by atoms with E-state index in [0.717, 1.165) is 22.1 Å². The van der Waals surface area contributed by atoms with Crippen LogP contribution in [0.5, 0.6) is 0 Å². The van der Waals surface area contributed by atoms with Crippen molar-refractivity contribution in [2.24, 2.45) is 0 Å². The van der Waals surface area contributed by atoms with Gasteiger partial charge in [0.1, 0.15) is 12.2 Å². The van der Waals surface area contributed by atoms with Crippen LogP contribution in [0.25, 0.3) is 11.0 Å². The van der Waals surface area contributed by atoms with Crippen LogP contribution in [-0.4, -0.2) is 37.2 Å². The molecule has 0 fully saturated rings. The first-order valence-corrected chi connectivity index (χ1v) is 9.94. The summed E-state index contributed by atoms with van der Waals surface area (Å²) >= 11 is 0. The van der Waals surface area contributed by atoms with Gasteiger partial charge in [0.15, 0.2) is 0 Å². The maximum atomic E-state index is 12.5. The van der Waals surface area contributed by atoms with Crippen molar-refractivity contribution in [3.05, 3.63) is 46.4 Å². The first-order chi connectivity index (χ1) is 14.3. The van der Waals surface area contributed by atoms with Gasteiger partial charge >= 0.3 is 18.0 Å².